The highest BCUT2D eigenvalue weighted by Crippen LogP contribution is 2.24. The summed E-state index contributed by atoms with van der Waals surface area (Å²) in [5, 5.41) is 6.31. The first kappa shape index (κ1) is 20.2. The number of rotatable bonds is 8. The number of carbonyl (C=O) groups excluding carboxylic acids is 1. The minimum atomic E-state index is -0.184. The van der Waals surface area contributed by atoms with Gasteiger partial charge in [0, 0.05) is 42.9 Å². The highest BCUT2D eigenvalue weighted by molar-refractivity contribution is 6.03. The third-order valence-electron chi connectivity index (χ3n) is 5.38. The monoisotopic (exact) mass is 380 g/mol. The first-order chi connectivity index (χ1) is 13.7. The molecule has 1 saturated heterocycles. The van der Waals surface area contributed by atoms with Crippen molar-refractivity contribution < 1.29 is 4.79 Å². The molecule has 0 radical (unpaired) electrons. The Bertz CT molecular complexity index is 751. The summed E-state index contributed by atoms with van der Waals surface area (Å²) in [7, 11) is 0. The molecule has 0 saturated carbocycles. The third-order valence-corrected chi connectivity index (χ3v) is 5.38. The lowest BCUT2D eigenvalue weighted by atomic mass is 9.99. The fourth-order valence-electron chi connectivity index (χ4n) is 3.49. The number of hydrogen-bond donors (Lipinski definition) is 2. The third kappa shape index (κ3) is 5.72. The zero-order valence-electron chi connectivity index (χ0n) is 17.1. The topological polar surface area (TPSA) is 57.3 Å². The highest BCUT2D eigenvalue weighted by Gasteiger charge is 2.16. The van der Waals surface area contributed by atoms with Crippen LogP contribution in [-0.2, 0) is 0 Å². The van der Waals surface area contributed by atoms with Gasteiger partial charge in [-0.15, -0.1) is 0 Å². The van der Waals surface area contributed by atoms with Gasteiger partial charge in [-0.2, -0.15) is 0 Å². The number of nitrogens with one attached hydrogen (secondary N) is 2. The summed E-state index contributed by atoms with van der Waals surface area (Å²) in [5.41, 5.74) is 3.38. The van der Waals surface area contributed by atoms with Crippen LogP contribution in [0.4, 0.5) is 17.1 Å². The molecule has 1 aromatic heterocycles. The van der Waals surface area contributed by atoms with Crippen molar-refractivity contribution in [1.29, 1.82) is 0 Å². The molecule has 0 unspecified atom stereocenters. The first-order valence-corrected chi connectivity index (χ1v) is 10.5. The molecule has 1 aromatic carbocycles. The number of benzene rings is 1. The number of piperidine rings is 1. The summed E-state index contributed by atoms with van der Waals surface area (Å²) in [6, 6.07) is 11.8. The van der Waals surface area contributed by atoms with E-state index in [0.717, 1.165) is 43.3 Å². The maximum Gasteiger partial charge on any atom is 0.274 e. The van der Waals surface area contributed by atoms with E-state index in [4.69, 9.17) is 0 Å². The number of aromatic nitrogens is 1. The largest absolute Gasteiger partial charge is 0.385 e. The molecule has 150 valence electrons. The maximum atomic E-state index is 12.6. The summed E-state index contributed by atoms with van der Waals surface area (Å²) in [6.07, 6.45) is 7.69. The maximum absolute atomic E-state index is 12.6. The van der Waals surface area contributed by atoms with E-state index in [0.29, 0.717) is 5.69 Å². The molecule has 2 heterocycles. The fraction of sp³-hybridized carbons (Fsp3) is 0.478. The second-order valence-corrected chi connectivity index (χ2v) is 7.73. The number of amides is 1. The zero-order valence-corrected chi connectivity index (χ0v) is 17.1. The molecular formula is C23H32N4O. The lowest BCUT2D eigenvalue weighted by Crippen LogP contribution is -2.32. The van der Waals surface area contributed by atoms with E-state index in [1.807, 2.05) is 24.3 Å². The number of anilines is 3. The number of carbonyl (C=O) groups is 1. The SMILES string of the molecule is CCCCCNc1ccnc(C(=O)Nc2ccc(N3CCC(C)CC3)cc2)c1. The smallest absolute Gasteiger partial charge is 0.274 e. The summed E-state index contributed by atoms with van der Waals surface area (Å²) in [5.74, 6) is 0.635. The summed E-state index contributed by atoms with van der Waals surface area (Å²) < 4.78 is 0. The molecule has 2 aromatic rings. The molecule has 0 bridgehead atoms. The van der Waals surface area contributed by atoms with E-state index in [2.05, 4.69) is 46.5 Å². The van der Waals surface area contributed by atoms with Crippen LogP contribution in [0, 0.1) is 5.92 Å². The van der Waals surface area contributed by atoms with Crippen LogP contribution >= 0.6 is 0 Å². The number of nitrogens with zero attached hydrogens (tertiary/aromatic N) is 2. The van der Waals surface area contributed by atoms with E-state index >= 15 is 0 Å². The van der Waals surface area contributed by atoms with Crippen molar-refractivity contribution in [2.24, 2.45) is 5.92 Å². The molecule has 28 heavy (non-hydrogen) atoms. The van der Waals surface area contributed by atoms with Crippen molar-refractivity contribution in [3.05, 3.63) is 48.3 Å². The van der Waals surface area contributed by atoms with Crippen LogP contribution < -0.4 is 15.5 Å². The van der Waals surface area contributed by atoms with Crippen LogP contribution in [0.25, 0.3) is 0 Å². The normalized spacial score (nSPS) is 14.7. The molecule has 0 aliphatic carbocycles. The number of hydrogen-bond acceptors (Lipinski definition) is 4. The van der Waals surface area contributed by atoms with Crippen LogP contribution in [0.15, 0.2) is 42.6 Å². The van der Waals surface area contributed by atoms with Crippen molar-refractivity contribution in [3.63, 3.8) is 0 Å². The van der Waals surface area contributed by atoms with Gasteiger partial charge in [0.2, 0.25) is 0 Å². The molecule has 1 aliphatic rings. The molecule has 1 amide bonds. The predicted molar refractivity (Wildman–Crippen MR) is 117 cm³/mol. The Hall–Kier alpha value is -2.56. The van der Waals surface area contributed by atoms with Crippen molar-refractivity contribution in [1.82, 2.24) is 4.98 Å². The predicted octanol–water partition coefficient (Wildman–Crippen LogP) is 5.17. The van der Waals surface area contributed by atoms with Crippen molar-refractivity contribution in [3.8, 4) is 0 Å². The molecule has 1 fully saturated rings. The summed E-state index contributed by atoms with van der Waals surface area (Å²) >= 11 is 0. The standard InChI is InChI=1S/C23H32N4O/c1-3-4-5-13-24-20-10-14-25-22(17-20)23(28)26-19-6-8-21(9-7-19)27-15-11-18(2)12-16-27/h6-10,14,17-18H,3-5,11-13,15-16H2,1-2H3,(H,24,25)(H,26,28). The van der Waals surface area contributed by atoms with Crippen LogP contribution in [0.1, 0.15) is 56.4 Å². The Morgan fingerprint density at radius 1 is 1.11 bits per heavy atom. The minimum Gasteiger partial charge on any atom is -0.385 e. The average Bonchev–Trinajstić information content (AvgIpc) is 2.73. The van der Waals surface area contributed by atoms with Crippen LogP contribution in [0.2, 0.25) is 0 Å². The van der Waals surface area contributed by atoms with E-state index in [9.17, 15) is 4.79 Å². The Morgan fingerprint density at radius 3 is 2.57 bits per heavy atom. The summed E-state index contributed by atoms with van der Waals surface area (Å²) in [6.45, 7) is 7.63. The van der Waals surface area contributed by atoms with Gasteiger partial charge < -0.3 is 15.5 Å². The Balaban J connectivity index is 1.55. The number of pyridine rings is 1. The van der Waals surface area contributed by atoms with Gasteiger partial charge in [0.15, 0.2) is 0 Å². The van der Waals surface area contributed by atoms with Gasteiger partial charge in [0.05, 0.1) is 0 Å². The molecule has 0 atom stereocenters. The van der Waals surface area contributed by atoms with Crippen LogP contribution in [-0.4, -0.2) is 30.5 Å². The van der Waals surface area contributed by atoms with Gasteiger partial charge in [-0.1, -0.05) is 26.7 Å². The molecule has 5 heteroatoms. The quantitative estimate of drug-likeness (QED) is 0.620. The van der Waals surface area contributed by atoms with Gasteiger partial charge in [0.1, 0.15) is 5.69 Å². The molecular weight excluding hydrogens is 348 g/mol. The number of unbranched alkanes of at least 4 members (excludes halogenated alkanes) is 2. The van der Waals surface area contributed by atoms with Gasteiger partial charge in [-0.25, -0.2) is 0 Å². The molecule has 2 N–H and O–H groups in total. The van der Waals surface area contributed by atoms with Gasteiger partial charge in [-0.3, -0.25) is 9.78 Å². The van der Waals surface area contributed by atoms with Crippen molar-refractivity contribution in [2.45, 2.75) is 46.0 Å². The van der Waals surface area contributed by atoms with Crippen molar-refractivity contribution >= 4 is 23.0 Å². The van der Waals surface area contributed by atoms with Gasteiger partial charge >= 0.3 is 0 Å². The fourth-order valence-corrected chi connectivity index (χ4v) is 3.49. The second-order valence-electron chi connectivity index (χ2n) is 7.73. The van der Waals surface area contributed by atoms with Gasteiger partial charge in [0.25, 0.3) is 5.91 Å². The minimum absolute atomic E-state index is 0.184. The van der Waals surface area contributed by atoms with E-state index < -0.39 is 0 Å². The lowest BCUT2D eigenvalue weighted by Gasteiger charge is -2.32. The zero-order chi connectivity index (χ0) is 19.8. The Morgan fingerprint density at radius 2 is 1.86 bits per heavy atom. The van der Waals surface area contributed by atoms with E-state index in [1.165, 1.54) is 31.4 Å². The first-order valence-electron chi connectivity index (χ1n) is 10.5. The lowest BCUT2D eigenvalue weighted by molar-refractivity contribution is 0.102. The molecule has 0 spiro atoms. The molecule has 3 rings (SSSR count). The average molecular weight is 381 g/mol. The van der Waals surface area contributed by atoms with Gasteiger partial charge in [-0.05, 0) is 61.6 Å². The highest BCUT2D eigenvalue weighted by atomic mass is 16.1. The Kier molecular flexibility index (Phi) is 7.29. The second kappa shape index (κ2) is 10.1. The summed E-state index contributed by atoms with van der Waals surface area (Å²) in [4.78, 5) is 19.2. The van der Waals surface area contributed by atoms with Crippen LogP contribution in [0.3, 0.4) is 0 Å². The molecule has 1 aliphatic heterocycles. The van der Waals surface area contributed by atoms with Crippen LogP contribution in [0.5, 0.6) is 0 Å². The van der Waals surface area contributed by atoms with E-state index in [1.54, 1.807) is 6.20 Å². The Labute approximate surface area is 168 Å². The molecule has 5 nitrogen and oxygen atoms in total. The van der Waals surface area contributed by atoms with Crippen molar-refractivity contribution in [2.75, 3.05) is 35.2 Å². The van der Waals surface area contributed by atoms with E-state index in [-0.39, 0.29) is 5.91 Å².